The third kappa shape index (κ3) is 7.43. The number of ether oxygens (including phenoxy) is 1. The van der Waals surface area contributed by atoms with Crippen LogP contribution in [0.1, 0.15) is 30.0 Å². The molecule has 1 aromatic carbocycles. The highest BCUT2D eigenvalue weighted by Crippen LogP contribution is 2.37. The second kappa shape index (κ2) is 12.1. The minimum absolute atomic E-state index is 0.00687. The molecule has 216 valence electrons. The molecule has 2 aromatic heterocycles. The predicted molar refractivity (Wildman–Crippen MR) is 137 cm³/mol. The quantitative estimate of drug-likeness (QED) is 0.324. The molecule has 16 heteroatoms. The highest BCUT2D eigenvalue weighted by Gasteiger charge is 2.37. The van der Waals surface area contributed by atoms with Gasteiger partial charge in [0.05, 0.1) is 22.9 Å². The van der Waals surface area contributed by atoms with E-state index in [1.54, 1.807) is 6.20 Å². The summed E-state index contributed by atoms with van der Waals surface area (Å²) in [5, 5.41) is 5.36. The average molecular weight is 590 g/mol. The Balaban J connectivity index is 1.35. The number of amides is 2. The fourth-order valence-electron chi connectivity index (χ4n) is 3.88. The van der Waals surface area contributed by atoms with E-state index >= 15 is 0 Å². The van der Waals surface area contributed by atoms with Crippen molar-refractivity contribution < 1.29 is 35.9 Å². The van der Waals surface area contributed by atoms with E-state index in [-0.39, 0.29) is 25.8 Å². The number of hydrogen-bond acceptors (Lipinski definition) is 8. The van der Waals surface area contributed by atoms with Gasteiger partial charge >= 0.3 is 18.4 Å². The lowest BCUT2D eigenvalue weighted by atomic mass is 10.1. The molecule has 0 saturated carbocycles. The fourth-order valence-corrected chi connectivity index (χ4v) is 4.40. The van der Waals surface area contributed by atoms with Gasteiger partial charge in [0.1, 0.15) is 12.4 Å². The van der Waals surface area contributed by atoms with E-state index in [0.717, 1.165) is 36.1 Å². The number of carbonyl (C=O) groups excluding carboxylic acids is 1. The summed E-state index contributed by atoms with van der Waals surface area (Å²) in [7, 11) is 0. The van der Waals surface area contributed by atoms with E-state index in [4.69, 9.17) is 4.74 Å². The molecule has 0 spiro atoms. The molecule has 1 fully saturated rings. The van der Waals surface area contributed by atoms with Gasteiger partial charge in [-0.05, 0) is 42.3 Å². The predicted octanol–water partition coefficient (Wildman–Crippen LogP) is 5.73. The van der Waals surface area contributed by atoms with E-state index in [9.17, 15) is 31.1 Å². The zero-order chi connectivity index (χ0) is 28.9. The van der Waals surface area contributed by atoms with Crippen LogP contribution in [-0.2, 0) is 19.0 Å². The molecule has 4 rings (SSSR count). The molecule has 1 aliphatic rings. The van der Waals surface area contributed by atoms with Crippen LogP contribution in [-0.4, -0.2) is 57.4 Å². The third-order valence-corrected chi connectivity index (χ3v) is 6.41. The van der Waals surface area contributed by atoms with Crippen LogP contribution in [0, 0.1) is 0 Å². The number of nitrogens with zero attached hydrogens (tertiary/aromatic N) is 5. The molecule has 3 aromatic rings. The van der Waals surface area contributed by atoms with Crippen LogP contribution in [0.2, 0.25) is 0 Å². The number of anilines is 3. The maximum Gasteiger partial charge on any atom is 0.416 e. The van der Waals surface area contributed by atoms with Gasteiger partial charge in [-0.3, -0.25) is 0 Å². The topological polar surface area (TPSA) is 95.5 Å². The molecular weight excluding hydrogens is 564 g/mol. The van der Waals surface area contributed by atoms with Crippen molar-refractivity contribution in [3.63, 3.8) is 0 Å². The lowest BCUT2D eigenvalue weighted by molar-refractivity contribution is -0.143. The number of pyridine rings is 1. The molecule has 0 radical (unpaired) electrons. The summed E-state index contributed by atoms with van der Waals surface area (Å²) in [6, 6.07) is 3.82. The zero-order valence-corrected chi connectivity index (χ0v) is 22.0. The zero-order valence-electron chi connectivity index (χ0n) is 21.1. The third-order valence-electron chi connectivity index (χ3n) is 5.90. The van der Waals surface area contributed by atoms with Crippen molar-refractivity contribution in [2.45, 2.75) is 32.3 Å². The lowest BCUT2D eigenvalue weighted by Gasteiger charge is -2.34. The van der Waals surface area contributed by atoms with E-state index in [2.05, 4.69) is 24.4 Å². The smallest absolute Gasteiger partial charge is 0.416 e. The SMILES string of the molecule is CCCNc1cc(COc2nsnc2N2CCN(C(=O)Nc3cc(C(F)(F)F)cc(C(F)(F)F)c3)CC2)ccn1. The van der Waals surface area contributed by atoms with Gasteiger partial charge in [0, 0.05) is 44.6 Å². The number of halogens is 6. The minimum atomic E-state index is -5.01. The first-order valence-corrected chi connectivity index (χ1v) is 12.9. The number of carbonyl (C=O) groups is 1. The molecule has 0 bridgehead atoms. The Bertz CT molecular complexity index is 1280. The molecule has 0 unspecified atom stereocenters. The van der Waals surface area contributed by atoms with Crippen molar-refractivity contribution in [1.29, 1.82) is 0 Å². The molecule has 1 saturated heterocycles. The Labute approximate surface area is 229 Å². The first kappa shape index (κ1) is 29.2. The highest BCUT2D eigenvalue weighted by molar-refractivity contribution is 6.99. The Hall–Kier alpha value is -3.82. The van der Waals surface area contributed by atoms with Crippen molar-refractivity contribution in [3.8, 4) is 5.88 Å². The molecule has 2 N–H and O–H groups in total. The second-order valence-corrected chi connectivity index (χ2v) is 9.39. The van der Waals surface area contributed by atoms with Crippen molar-refractivity contribution in [3.05, 3.63) is 53.2 Å². The average Bonchev–Trinajstić information content (AvgIpc) is 3.38. The van der Waals surface area contributed by atoms with Crippen LogP contribution in [0.15, 0.2) is 36.5 Å². The van der Waals surface area contributed by atoms with Crippen molar-refractivity contribution in [1.82, 2.24) is 18.6 Å². The summed E-state index contributed by atoms with van der Waals surface area (Å²) in [4.78, 5) is 20.1. The van der Waals surface area contributed by atoms with Crippen LogP contribution < -0.4 is 20.3 Å². The van der Waals surface area contributed by atoms with Gasteiger partial charge < -0.3 is 25.2 Å². The molecule has 2 amide bonds. The molecule has 0 aliphatic carbocycles. The number of hydrogen-bond donors (Lipinski definition) is 2. The number of urea groups is 1. The highest BCUT2D eigenvalue weighted by atomic mass is 32.1. The molecule has 40 heavy (non-hydrogen) atoms. The van der Waals surface area contributed by atoms with E-state index in [1.165, 1.54) is 4.90 Å². The Morgan fingerprint density at radius 1 is 1.00 bits per heavy atom. The second-order valence-electron chi connectivity index (χ2n) is 8.86. The van der Waals surface area contributed by atoms with E-state index < -0.39 is 35.2 Å². The van der Waals surface area contributed by atoms with Crippen molar-refractivity contribution in [2.24, 2.45) is 0 Å². The summed E-state index contributed by atoms with van der Waals surface area (Å²) in [6.07, 6.45) is -7.40. The van der Waals surface area contributed by atoms with Crippen LogP contribution in [0.25, 0.3) is 0 Å². The molecule has 3 heterocycles. The number of alkyl halides is 6. The van der Waals surface area contributed by atoms with Crippen LogP contribution in [0.4, 0.5) is 48.5 Å². The van der Waals surface area contributed by atoms with Gasteiger partial charge in [-0.15, -0.1) is 4.37 Å². The number of rotatable bonds is 8. The summed E-state index contributed by atoms with van der Waals surface area (Å²) in [5.74, 6) is 1.52. The first-order valence-electron chi connectivity index (χ1n) is 12.2. The van der Waals surface area contributed by atoms with Gasteiger partial charge in [0.15, 0.2) is 0 Å². The van der Waals surface area contributed by atoms with Gasteiger partial charge in [0.25, 0.3) is 5.88 Å². The monoisotopic (exact) mass is 589 g/mol. The fraction of sp³-hybridized carbons (Fsp3) is 0.417. The van der Waals surface area contributed by atoms with Gasteiger partial charge in [-0.1, -0.05) is 6.92 Å². The van der Waals surface area contributed by atoms with E-state index in [1.807, 2.05) is 24.0 Å². The summed E-state index contributed by atoms with van der Waals surface area (Å²) < 4.78 is 93.1. The first-order chi connectivity index (χ1) is 18.9. The largest absolute Gasteiger partial charge is 0.470 e. The van der Waals surface area contributed by atoms with Crippen molar-refractivity contribution >= 4 is 35.1 Å². The van der Waals surface area contributed by atoms with Crippen LogP contribution in [0.5, 0.6) is 5.88 Å². The van der Waals surface area contributed by atoms with Crippen LogP contribution in [0.3, 0.4) is 0 Å². The van der Waals surface area contributed by atoms with Gasteiger partial charge in [-0.2, -0.15) is 30.7 Å². The number of nitrogens with one attached hydrogen (secondary N) is 2. The van der Waals surface area contributed by atoms with Crippen LogP contribution >= 0.6 is 11.7 Å². The summed E-state index contributed by atoms with van der Waals surface area (Å²) >= 11 is 0.957. The normalized spacial score (nSPS) is 14.3. The maximum atomic E-state index is 13.1. The number of aromatic nitrogens is 3. The van der Waals surface area contributed by atoms with Gasteiger partial charge in [0.2, 0.25) is 5.82 Å². The number of piperazine rings is 1. The Kier molecular flexibility index (Phi) is 8.85. The molecule has 9 nitrogen and oxygen atoms in total. The standard InChI is InChI=1S/C24H25F6N7O2S/c1-2-4-31-19-10-15(3-5-32-19)14-39-21-20(34-40-35-21)36-6-8-37(9-7-36)22(38)33-18-12-16(23(25,26)27)11-17(13-18)24(28,29)30/h3,5,10-13H,2,4,6-9,14H2,1H3,(H,31,32)(H,33,38). The molecule has 1 aliphatic heterocycles. The van der Waals surface area contributed by atoms with Crippen molar-refractivity contribution in [2.75, 3.05) is 48.3 Å². The molecule has 0 atom stereocenters. The van der Waals surface area contributed by atoms with Gasteiger partial charge in [-0.25, -0.2) is 9.78 Å². The Morgan fingerprint density at radius 3 is 2.30 bits per heavy atom. The summed E-state index contributed by atoms with van der Waals surface area (Å²) in [5.41, 5.74) is -2.74. The van der Waals surface area contributed by atoms with E-state index in [0.29, 0.717) is 36.9 Å². The summed E-state index contributed by atoms with van der Waals surface area (Å²) in [6.45, 7) is 3.94. The number of benzene rings is 1. The Morgan fingerprint density at radius 2 is 1.68 bits per heavy atom. The maximum absolute atomic E-state index is 13.1. The molecular formula is C24H25F6N7O2S. The minimum Gasteiger partial charge on any atom is -0.470 e. The lowest BCUT2D eigenvalue weighted by Crippen LogP contribution is -2.50.